The van der Waals surface area contributed by atoms with Crippen LogP contribution in [0.2, 0.25) is 5.02 Å². The first-order valence-electron chi connectivity index (χ1n) is 14.0. The second kappa shape index (κ2) is 10.2. The molecular weight excluding hydrogens is 541 g/mol. The molecule has 0 spiro atoms. The fourth-order valence-corrected chi connectivity index (χ4v) is 4.61. The van der Waals surface area contributed by atoms with Crippen LogP contribution in [0.3, 0.4) is 0 Å². The number of benzene rings is 1. The molecule has 0 aliphatic heterocycles. The summed E-state index contributed by atoms with van der Waals surface area (Å²) in [5.41, 5.74) is -0.876. The molecule has 208 valence electrons. The summed E-state index contributed by atoms with van der Waals surface area (Å²) in [5, 5.41) is 24.4. The summed E-state index contributed by atoms with van der Waals surface area (Å²) in [6.45, 7) is 4.75. The lowest BCUT2D eigenvalue weighted by Gasteiger charge is -2.23. The van der Waals surface area contributed by atoms with Crippen molar-refractivity contribution in [3.8, 4) is 6.07 Å². The SMILES string of the molecule is [2H]c1c([C@@H](Nc2cc(Cl)c3ncc(C#N)c(NC([2H])([2H])C(C)(C)C)c3c2)c2ccc(F)nc2C)nnn1C1(C(F)F)CC1. The number of nitrogens with zero attached hydrogens (tertiary/aromatic N) is 6. The van der Waals surface area contributed by atoms with Gasteiger partial charge in [0.05, 0.1) is 35.4 Å². The van der Waals surface area contributed by atoms with Gasteiger partial charge in [-0.15, -0.1) is 5.10 Å². The lowest BCUT2D eigenvalue weighted by atomic mass is 9.96. The largest absolute Gasteiger partial charge is 0.383 e. The number of rotatable bonds is 8. The molecule has 1 aliphatic carbocycles. The summed E-state index contributed by atoms with van der Waals surface area (Å²) < 4.78 is 68.6. The summed E-state index contributed by atoms with van der Waals surface area (Å²) in [5.74, 6) is -0.725. The van der Waals surface area contributed by atoms with Crippen LogP contribution in [-0.4, -0.2) is 37.9 Å². The zero-order chi connectivity index (χ0) is 31.5. The van der Waals surface area contributed by atoms with Crippen molar-refractivity contribution < 1.29 is 17.3 Å². The van der Waals surface area contributed by atoms with Crippen molar-refractivity contribution in [2.45, 2.75) is 58.5 Å². The predicted molar refractivity (Wildman–Crippen MR) is 147 cm³/mol. The third-order valence-electron chi connectivity index (χ3n) is 6.65. The standard InChI is InChI=1S/C28H28ClF3N8/c1-15-18(5-6-22(30)36-15)25(21-13-40(39-38-21)28(7-8-28)26(31)32)37-17-9-19-23(35-14-27(2,3)4)16(11-33)12-34-24(19)20(29)10-17/h5-6,9-10,12-13,25-26,37H,7-8,14H2,1-4H3,(H,34,35)/t25-/m0/s1/i13D,14D2. The molecule has 0 amide bonds. The van der Waals surface area contributed by atoms with Gasteiger partial charge in [-0.05, 0) is 43.4 Å². The van der Waals surface area contributed by atoms with Crippen molar-refractivity contribution in [2.24, 2.45) is 5.41 Å². The van der Waals surface area contributed by atoms with Gasteiger partial charge < -0.3 is 10.6 Å². The third-order valence-corrected chi connectivity index (χ3v) is 6.94. The molecule has 0 unspecified atom stereocenters. The van der Waals surface area contributed by atoms with Crippen molar-refractivity contribution in [2.75, 3.05) is 17.1 Å². The topological polar surface area (TPSA) is 104 Å². The fraction of sp³-hybridized carbons (Fsp3) is 0.393. The molecule has 1 aliphatic rings. The molecule has 3 heterocycles. The van der Waals surface area contributed by atoms with Gasteiger partial charge >= 0.3 is 0 Å². The van der Waals surface area contributed by atoms with Gasteiger partial charge in [-0.1, -0.05) is 43.7 Å². The Hall–Kier alpha value is -3.91. The van der Waals surface area contributed by atoms with Crippen LogP contribution in [0.25, 0.3) is 10.9 Å². The number of aryl methyl sites for hydroxylation is 1. The highest BCUT2D eigenvalue weighted by Gasteiger charge is 2.54. The van der Waals surface area contributed by atoms with Gasteiger partial charge in [0.2, 0.25) is 5.95 Å². The number of hydrogen-bond donors (Lipinski definition) is 2. The number of pyridine rings is 2. The molecule has 12 heteroatoms. The van der Waals surface area contributed by atoms with Crippen LogP contribution in [0.5, 0.6) is 0 Å². The highest BCUT2D eigenvalue weighted by Crippen LogP contribution is 2.48. The average molecular weight is 572 g/mol. The smallest absolute Gasteiger partial charge is 0.263 e. The first-order chi connectivity index (χ1) is 20.1. The molecule has 1 aromatic carbocycles. The Morgan fingerprint density at radius 1 is 1.30 bits per heavy atom. The van der Waals surface area contributed by atoms with Gasteiger partial charge in [-0.2, -0.15) is 9.65 Å². The Bertz CT molecular complexity index is 1760. The van der Waals surface area contributed by atoms with Gasteiger partial charge in [0.15, 0.2) is 0 Å². The Morgan fingerprint density at radius 3 is 2.67 bits per heavy atom. The molecule has 3 aromatic heterocycles. The minimum atomic E-state index is -2.74. The zero-order valence-electron chi connectivity index (χ0n) is 25.2. The third kappa shape index (κ3) is 5.28. The van der Waals surface area contributed by atoms with E-state index >= 15 is 0 Å². The van der Waals surface area contributed by atoms with E-state index in [1.54, 1.807) is 39.8 Å². The highest BCUT2D eigenvalue weighted by molar-refractivity contribution is 6.35. The number of fused-ring (bicyclic) bond motifs is 1. The number of hydrogen-bond acceptors (Lipinski definition) is 7. The monoisotopic (exact) mass is 571 g/mol. The molecular formula is C28H28ClF3N8. The van der Waals surface area contributed by atoms with Gasteiger partial charge in [0.1, 0.15) is 17.3 Å². The predicted octanol–water partition coefficient (Wildman–Crippen LogP) is 6.61. The number of nitrogens with one attached hydrogen (secondary N) is 2. The summed E-state index contributed by atoms with van der Waals surface area (Å²) in [6, 6.07) is 6.78. The summed E-state index contributed by atoms with van der Waals surface area (Å²) in [7, 11) is 0. The van der Waals surface area contributed by atoms with Crippen molar-refractivity contribution >= 4 is 33.9 Å². The van der Waals surface area contributed by atoms with E-state index in [0.717, 1.165) is 10.7 Å². The lowest BCUT2D eigenvalue weighted by Crippen LogP contribution is -2.26. The van der Waals surface area contributed by atoms with Gasteiger partial charge in [0.25, 0.3) is 6.43 Å². The van der Waals surface area contributed by atoms with Crippen LogP contribution in [-0.2, 0) is 5.54 Å². The van der Waals surface area contributed by atoms with Crippen molar-refractivity contribution in [3.63, 3.8) is 0 Å². The molecule has 4 aromatic rings. The summed E-state index contributed by atoms with van der Waals surface area (Å²) >= 11 is 6.64. The number of anilines is 2. The second-order valence-electron chi connectivity index (χ2n) is 10.8. The molecule has 0 bridgehead atoms. The molecule has 0 saturated heterocycles. The van der Waals surface area contributed by atoms with E-state index in [-0.39, 0.29) is 46.7 Å². The number of nitriles is 1. The van der Waals surface area contributed by atoms with Crippen molar-refractivity contribution in [1.29, 1.82) is 5.26 Å². The second-order valence-corrected chi connectivity index (χ2v) is 11.2. The van der Waals surface area contributed by atoms with E-state index < -0.39 is 35.9 Å². The van der Waals surface area contributed by atoms with Crippen LogP contribution < -0.4 is 10.6 Å². The molecule has 1 atom stereocenters. The van der Waals surface area contributed by atoms with E-state index in [2.05, 4.69) is 30.9 Å². The van der Waals surface area contributed by atoms with E-state index in [1.807, 2.05) is 6.07 Å². The minimum absolute atomic E-state index is 0.00553. The Morgan fingerprint density at radius 2 is 2.05 bits per heavy atom. The first-order valence-corrected chi connectivity index (χ1v) is 12.9. The molecule has 2 N–H and O–H groups in total. The van der Waals surface area contributed by atoms with Crippen LogP contribution in [0.15, 0.2) is 36.6 Å². The molecule has 8 nitrogen and oxygen atoms in total. The van der Waals surface area contributed by atoms with E-state index in [4.69, 9.17) is 15.7 Å². The number of alkyl halides is 2. The Kier molecular flexibility index (Phi) is 6.13. The summed E-state index contributed by atoms with van der Waals surface area (Å²) in [4.78, 5) is 8.20. The van der Waals surface area contributed by atoms with Gasteiger partial charge in [-0.3, -0.25) is 4.98 Å². The highest BCUT2D eigenvalue weighted by atomic mass is 35.5. The lowest BCUT2D eigenvalue weighted by molar-refractivity contribution is 0.0593. The number of halogens is 4. The van der Waals surface area contributed by atoms with Crippen LogP contribution in [0, 0.1) is 29.6 Å². The zero-order valence-corrected chi connectivity index (χ0v) is 22.9. The molecule has 1 saturated carbocycles. The van der Waals surface area contributed by atoms with Crippen LogP contribution >= 0.6 is 11.6 Å². The average Bonchev–Trinajstić information content (AvgIpc) is 3.64. The molecule has 40 heavy (non-hydrogen) atoms. The fourth-order valence-electron chi connectivity index (χ4n) is 4.34. The van der Waals surface area contributed by atoms with Gasteiger partial charge in [0, 0.05) is 37.8 Å². The van der Waals surface area contributed by atoms with Crippen molar-refractivity contribution in [3.05, 3.63) is 70.1 Å². The molecule has 5 rings (SSSR count). The first kappa shape index (κ1) is 23.9. The Balaban J connectivity index is 1.66. The minimum Gasteiger partial charge on any atom is -0.383 e. The maximum atomic E-state index is 14.0. The van der Waals surface area contributed by atoms with Crippen LogP contribution in [0.1, 0.15) is 66.3 Å². The summed E-state index contributed by atoms with van der Waals surface area (Å²) in [6.07, 6.45) is -1.46. The van der Waals surface area contributed by atoms with Crippen LogP contribution in [0.4, 0.5) is 24.5 Å². The quantitative estimate of drug-likeness (QED) is 0.229. The molecule has 0 radical (unpaired) electrons. The van der Waals surface area contributed by atoms with Gasteiger partial charge in [-0.25, -0.2) is 18.4 Å². The normalized spacial score (nSPS) is 16.6. The molecule has 1 fully saturated rings. The van der Waals surface area contributed by atoms with E-state index in [1.165, 1.54) is 12.3 Å². The van der Waals surface area contributed by atoms with E-state index in [0.29, 0.717) is 22.2 Å². The maximum absolute atomic E-state index is 14.0. The van der Waals surface area contributed by atoms with E-state index in [9.17, 15) is 18.4 Å². The maximum Gasteiger partial charge on any atom is 0.263 e. The Labute approximate surface area is 238 Å². The number of aromatic nitrogens is 5. The van der Waals surface area contributed by atoms with Crippen molar-refractivity contribution in [1.82, 2.24) is 25.0 Å².